The summed E-state index contributed by atoms with van der Waals surface area (Å²) >= 11 is 3.82. The summed E-state index contributed by atoms with van der Waals surface area (Å²) in [5, 5.41) is 11.1. The lowest BCUT2D eigenvalue weighted by Crippen LogP contribution is -2.28. The predicted octanol–water partition coefficient (Wildman–Crippen LogP) is 5.36. The number of nitrogens with zero attached hydrogens (tertiary/aromatic N) is 1. The lowest BCUT2D eigenvalue weighted by atomic mass is 9.74. The number of alkyl halides is 1. The number of benzene rings is 1. The molecule has 3 nitrogen and oxygen atoms in total. The summed E-state index contributed by atoms with van der Waals surface area (Å²) in [7, 11) is 0. The number of hydrogen-bond acceptors (Lipinski definition) is 2. The highest BCUT2D eigenvalue weighted by Crippen LogP contribution is 2.39. The Kier molecular flexibility index (Phi) is 5.80. The van der Waals surface area contributed by atoms with Gasteiger partial charge in [0.05, 0.1) is 4.92 Å². The maximum Gasteiger partial charge on any atom is 0.272 e. The fraction of sp³-hybridized carbons (Fsp3) is 0.647. The summed E-state index contributed by atoms with van der Waals surface area (Å²) in [6, 6.07) is 7.14. The highest BCUT2D eigenvalue weighted by atomic mass is 79.9. The Balaban J connectivity index is 2.00. The van der Waals surface area contributed by atoms with Crippen LogP contribution in [-0.2, 0) is 6.42 Å². The van der Waals surface area contributed by atoms with E-state index in [2.05, 4.69) is 29.8 Å². The zero-order valence-electron chi connectivity index (χ0n) is 12.8. The molecule has 0 radical (unpaired) electrons. The van der Waals surface area contributed by atoms with Crippen molar-refractivity contribution in [1.82, 2.24) is 0 Å². The van der Waals surface area contributed by atoms with E-state index in [4.69, 9.17) is 0 Å². The highest BCUT2D eigenvalue weighted by molar-refractivity contribution is 9.09. The molecule has 1 aliphatic carbocycles. The third-order valence-electron chi connectivity index (χ3n) is 4.85. The zero-order valence-corrected chi connectivity index (χ0v) is 14.4. The maximum atomic E-state index is 11.1. The molecule has 0 spiro atoms. The van der Waals surface area contributed by atoms with Crippen molar-refractivity contribution in [3.8, 4) is 0 Å². The lowest BCUT2D eigenvalue weighted by Gasteiger charge is -2.35. The topological polar surface area (TPSA) is 43.1 Å². The van der Waals surface area contributed by atoms with Gasteiger partial charge < -0.3 is 0 Å². The molecule has 4 heteroatoms. The van der Waals surface area contributed by atoms with Gasteiger partial charge in [-0.25, -0.2) is 0 Å². The Morgan fingerprint density at radius 1 is 1.33 bits per heavy atom. The van der Waals surface area contributed by atoms with Crippen molar-refractivity contribution < 1.29 is 4.92 Å². The Morgan fingerprint density at radius 3 is 2.71 bits per heavy atom. The van der Waals surface area contributed by atoms with E-state index in [0.29, 0.717) is 10.7 Å². The molecule has 2 rings (SSSR count). The summed E-state index contributed by atoms with van der Waals surface area (Å²) in [5.41, 5.74) is 1.13. The van der Waals surface area contributed by atoms with Gasteiger partial charge in [-0.15, -0.1) is 0 Å². The molecule has 1 aromatic carbocycles. The number of nitro groups is 1. The number of aryl methyl sites for hydroxylation is 1. The molecule has 0 aliphatic heterocycles. The van der Waals surface area contributed by atoms with Crippen LogP contribution >= 0.6 is 15.9 Å². The molecule has 0 aromatic heterocycles. The van der Waals surface area contributed by atoms with Crippen LogP contribution in [0.25, 0.3) is 0 Å². The van der Waals surface area contributed by atoms with Gasteiger partial charge in [0.2, 0.25) is 0 Å². The largest absolute Gasteiger partial charge is 0.272 e. The van der Waals surface area contributed by atoms with Crippen LogP contribution in [0.5, 0.6) is 0 Å². The van der Waals surface area contributed by atoms with E-state index in [1.807, 2.05) is 12.1 Å². The molecule has 0 saturated heterocycles. The summed E-state index contributed by atoms with van der Waals surface area (Å²) in [6.07, 6.45) is 5.60. The average molecular weight is 354 g/mol. The number of para-hydroxylation sites is 1. The third-order valence-corrected chi connectivity index (χ3v) is 6.05. The smallest absolute Gasteiger partial charge is 0.258 e. The minimum absolute atomic E-state index is 0.264. The molecule has 1 fully saturated rings. The van der Waals surface area contributed by atoms with Gasteiger partial charge in [0.15, 0.2) is 0 Å². The van der Waals surface area contributed by atoms with Gasteiger partial charge in [-0.3, -0.25) is 10.1 Å². The van der Waals surface area contributed by atoms with Gasteiger partial charge >= 0.3 is 0 Å². The summed E-state index contributed by atoms with van der Waals surface area (Å²) in [5.74, 6) is 2.17. The average Bonchev–Trinajstić information content (AvgIpc) is 2.46. The van der Waals surface area contributed by atoms with Crippen molar-refractivity contribution in [3.05, 3.63) is 39.9 Å². The maximum absolute atomic E-state index is 11.1. The third kappa shape index (κ3) is 4.29. The van der Waals surface area contributed by atoms with Gasteiger partial charge in [0.25, 0.3) is 5.69 Å². The van der Waals surface area contributed by atoms with Crippen molar-refractivity contribution in [2.45, 2.75) is 50.8 Å². The molecule has 3 unspecified atom stereocenters. The first-order chi connectivity index (χ1) is 9.99. The number of halogens is 1. The number of hydrogen-bond donors (Lipinski definition) is 0. The molecular weight excluding hydrogens is 330 g/mol. The quantitative estimate of drug-likeness (QED) is 0.406. The van der Waals surface area contributed by atoms with Crippen LogP contribution in [-0.4, -0.2) is 9.75 Å². The molecule has 1 aliphatic rings. The zero-order chi connectivity index (χ0) is 15.4. The van der Waals surface area contributed by atoms with E-state index < -0.39 is 0 Å². The minimum atomic E-state index is -0.265. The van der Waals surface area contributed by atoms with Crippen LogP contribution in [0.1, 0.15) is 45.1 Å². The normalized spacial score (nSPS) is 26.0. The summed E-state index contributed by atoms with van der Waals surface area (Å²) in [6.45, 7) is 4.61. The van der Waals surface area contributed by atoms with Crippen LogP contribution in [0.15, 0.2) is 24.3 Å². The fourth-order valence-electron chi connectivity index (χ4n) is 3.41. The first-order valence-corrected chi connectivity index (χ1v) is 8.77. The van der Waals surface area contributed by atoms with Gasteiger partial charge in [0.1, 0.15) is 0 Å². The molecule has 0 bridgehead atoms. The lowest BCUT2D eigenvalue weighted by molar-refractivity contribution is -0.385. The van der Waals surface area contributed by atoms with Gasteiger partial charge in [-0.05, 0) is 49.9 Å². The van der Waals surface area contributed by atoms with Gasteiger partial charge in [-0.1, -0.05) is 48.0 Å². The molecule has 0 heterocycles. The van der Waals surface area contributed by atoms with Crippen molar-refractivity contribution >= 4 is 21.6 Å². The Bertz CT molecular complexity index is 489. The van der Waals surface area contributed by atoms with Crippen molar-refractivity contribution in [3.63, 3.8) is 0 Å². The van der Waals surface area contributed by atoms with Crippen molar-refractivity contribution in [2.24, 2.45) is 17.8 Å². The van der Waals surface area contributed by atoms with E-state index >= 15 is 0 Å². The Morgan fingerprint density at radius 2 is 2.05 bits per heavy atom. The second-order valence-corrected chi connectivity index (χ2v) is 7.69. The SMILES string of the molecule is CC(C)C1CCC(Br)C(CCc2ccccc2[N+](=O)[O-])C1. The second-order valence-electron chi connectivity index (χ2n) is 6.52. The summed E-state index contributed by atoms with van der Waals surface area (Å²) < 4.78 is 0. The molecule has 1 saturated carbocycles. The van der Waals surface area contributed by atoms with E-state index in [-0.39, 0.29) is 10.6 Å². The van der Waals surface area contributed by atoms with Crippen molar-refractivity contribution in [1.29, 1.82) is 0 Å². The molecule has 3 atom stereocenters. The number of nitro benzene ring substituents is 1. The molecule has 116 valence electrons. The Hall–Kier alpha value is -0.900. The van der Waals surface area contributed by atoms with E-state index in [9.17, 15) is 10.1 Å². The van der Waals surface area contributed by atoms with Gasteiger partial charge in [-0.2, -0.15) is 0 Å². The Labute approximate surface area is 135 Å². The minimum Gasteiger partial charge on any atom is -0.258 e. The first kappa shape index (κ1) is 16.5. The predicted molar refractivity (Wildman–Crippen MR) is 89.8 cm³/mol. The van der Waals surface area contributed by atoms with Crippen LogP contribution in [0.3, 0.4) is 0 Å². The van der Waals surface area contributed by atoms with Crippen molar-refractivity contribution in [2.75, 3.05) is 0 Å². The van der Waals surface area contributed by atoms with Gasteiger partial charge in [0, 0.05) is 16.5 Å². The number of rotatable bonds is 5. The van der Waals surface area contributed by atoms with E-state index in [1.165, 1.54) is 19.3 Å². The van der Waals surface area contributed by atoms with E-state index in [0.717, 1.165) is 30.2 Å². The fourth-order valence-corrected chi connectivity index (χ4v) is 4.15. The van der Waals surface area contributed by atoms with Crippen LogP contribution in [0.4, 0.5) is 5.69 Å². The van der Waals surface area contributed by atoms with Crippen LogP contribution < -0.4 is 0 Å². The molecule has 1 aromatic rings. The van der Waals surface area contributed by atoms with Crippen LogP contribution in [0.2, 0.25) is 0 Å². The standard InChI is InChI=1S/C17H24BrNO2/c1-12(2)14-9-10-16(18)15(11-14)8-7-13-5-3-4-6-17(13)19(20)21/h3-6,12,14-16H,7-11H2,1-2H3. The highest BCUT2D eigenvalue weighted by Gasteiger charge is 2.30. The molecule has 0 amide bonds. The molecular formula is C17H24BrNO2. The summed E-state index contributed by atoms with van der Waals surface area (Å²) in [4.78, 5) is 11.4. The molecule has 21 heavy (non-hydrogen) atoms. The monoisotopic (exact) mass is 353 g/mol. The van der Waals surface area contributed by atoms with Crippen LogP contribution in [0, 0.1) is 27.9 Å². The molecule has 0 N–H and O–H groups in total. The first-order valence-electron chi connectivity index (χ1n) is 7.85. The second kappa shape index (κ2) is 7.39. The van der Waals surface area contributed by atoms with E-state index in [1.54, 1.807) is 12.1 Å².